The molecule has 1 unspecified atom stereocenters. The molecule has 0 bridgehead atoms. The topological polar surface area (TPSA) is 83.2 Å². The lowest BCUT2D eigenvalue weighted by molar-refractivity contribution is -0.0671. The van der Waals surface area contributed by atoms with Gasteiger partial charge in [0, 0.05) is 30.6 Å². The molecule has 4 heterocycles. The number of nitrogens with one attached hydrogen (secondary N) is 2. The van der Waals surface area contributed by atoms with Gasteiger partial charge in [-0.25, -0.2) is 4.98 Å². The van der Waals surface area contributed by atoms with Gasteiger partial charge in [0.15, 0.2) is 0 Å². The maximum atomic E-state index is 13.0. The molecular formula is C21H28F3N7S. The van der Waals surface area contributed by atoms with Crippen LogP contribution in [0, 0.1) is 10.8 Å². The van der Waals surface area contributed by atoms with Gasteiger partial charge >= 0.3 is 6.18 Å². The number of piperazine rings is 1. The summed E-state index contributed by atoms with van der Waals surface area (Å²) in [6, 6.07) is 2.47. The summed E-state index contributed by atoms with van der Waals surface area (Å²) >= 11 is 1.64. The van der Waals surface area contributed by atoms with Crippen molar-refractivity contribution < 1.29 is 13.2 Å². The summed E-state index contributed by atoms with van der Waals surface area (Å²) in [7, 11) is 0. The Bertz CT molecular complexity index is 1020. The van der Waals surface area contributed by atoms with E-state index in [1.54, 1.807) is 11.3 Å². The number of rotatable bonds is 5. The molecule has 0 spiro atoms. The minimum Gasteiger partial charge on any atom is -0.347 e. The van der Waals surface area contributed by atoms with Crippen LogP contribution in [0.25, 0.3) is 10.2 Å². The molecule has 1 atom stereocenters. The highest BCUT2D eigenvalue weighted by Gasteiger charge is 2.41. The zero-order valence-electron chi connectivity index (χ0n) is 18.3. The van der Waals surface area contributed by atoms with E-state index in [2.05, 4.69) is 24.8 Å². The lowest BCUT2D eigenvalue weighted by atomic mass is 10.2. The number of anilines is 2. The molecule has 0 aromatic carbocycles. The smallest absolute Gasteiger partial charge is 0.347 e. The summed E-state index contributed by atoms with van der Waals surface area (Å²) in [5.41, 5.74) is 0. The van der Waals surface area contributed by atoms with E-state index in [0.29, 0.717) is 17.8 Å². The predicted octanol–water partition coefficient (Wildman–Crippen LogP) is 4.66. The zero-order valence-corrected chi connectivity index (χ0v) is 19.1. The first-order chi connectivity index (χ1) is 15.2. The van der Waals surface area contributed by atoms with Crippen molar-refractivity contribution >= 4 is 45.0 Å². The van der Waals surface area contributed by atoms with Crippen LogP contribution in [0.5, 0.6) is 0 Å². The first kappa shape index (κ1) is 22.8. The number of halogens is 3. The van der Waals surface area contributed by atoms with Gasteiger partial charge in [-0.05, 0) is 31.7 Å². The van der Waals surface area contributed by atoms with Crippen LogP contribution in [0.3, 0.4) is 0 Å². The number of hydrogen-bond donors (Lipinski definition) is 2. The summed E-state index contributed by atoms with van der Waals surface area (Å²) in [5, 5.41) is 16.5. The molecule has 0 amide bonds. The Kier molecular flexibility index (Phi) is 6.28. The number of thiophene rings is 1. The summed E-state index contributed by atoms with van der Waals surface area (Å²) in [6.07, 6.45) is 0.367. The molecule has 0 radical (unpaired) electrons. The maximum absolute atomic E-state index is 13.0. The number of aromatic nitrogens is 2. The van der Waals surface area contributed by atoms with Crippen molar-refractivity contribution in [1.29, 1.82) is 10.8 Å². The molecule has 2 N–H and O–H groups in total. The van der Waals surface area contributed by atoms with Crippen LogP contribution in [-0.4, -0.2) is 64.9 Å². The SMILES string of the molecule is CCCc1cc2c(N3CCN(C(=N)C(F)(F)F)C(=N)C3)nc(N3CCCC3CC)nc2s1. The summed E-state index contributed by atoms with van der Waals surface area (Å²) in [6.45, 7) is 5.31. The Labute approximate surface area is 189 Å². The molecule has 32 heavy (non-hydrogen) atoms. The normalized spacial score (nSPS) is 20.0. The molecule has 174 valence electrons. The standard InChI is InChI=1S/C21H28F3N7S/c1-3-6-14-11-15-17(29-9-10-31(16(25)12-29)19(26)21(22,23)24)27-20(28-18(15)32-14)30-8-5-7-13(30)4-2/h11,13,25-26H,3-10,12H2,1-2H3. The quantitative estimate of drug-likeness (QED) is 0.494. The van der Waals surface area contributed by atoms with Gasteiger partial charge in [-0.15, -0.1) is 11.3 Å². The van der Waals surface area contributed by atoms with E-state index in [4.69, 9.17) is 20.8 Å². The van der Waals surface area contributed by atoms with Crippen molar-refractivity contribution in [3.63, 3.8) is 0 Å². The predicted molar refractivity (Wildman–Crippen MR) is 122 cm³/mol. The van der Waals surface area contributed by atoms with E-state index in [-0.39, 0.29) is 25.5 Å². The Morgan fingerprint density at radius 2 is 2.00 bits per heavy atom. The van der Waals surface area contributed by atoms with Crippen LogP contribution >= 0.6 is 11.3 Å². The molecule has 2 aromatic heterocycles. The molecule has 4 rings (SSSR count). The third-order valence-corrected chi connectivity index (χ3v) is 7.20. The van der Waals surface area contributed by atoms with Gasteiger partial charge in [0.05, 0.1) is 11.9 Å². The molecule has 11 heteroatoms. The van der Waals surface area contributed by atoms with Gasteiger partial charge in [0.2, 0.25) is 11.8 Å². The number of nitrogens with zero attached hydrogens (tertiary/aromatic N) is 5. The van der Waals surface area contributed by atoms with Crippen LogP contribution in [0.2, 0.25) is 0 Å². The van der Waals surface area contributed by atoms with Crippen LogP contribution in [-0.2, 0) is 6.42 Å². The average Bonchev–Trinajstić information content (AvgIpc) is 3.38. The van der Waals surface area contributed by atoms with Crippen molar-refractivity contribution in [1.82, 2.24) is 14.9 Å². The number of hydrogen-bond acceptors (Lipinski definition) is 7. The number of aryl methyl sites for hydroxylation is 1. The second kappa shape index (κ2) is 8.84. The van der Waals surface area contributed by atoms with E-state index >= 15 is 0 Å². The second-order valence-electron chi connectivity index (χ2n) is 8.29. The largest absolute Gasteiger partial charge is 0.449 e. The Balaban J connectivity index is 1.69. The van der Waals surface area contributed by atoms with Gasteiger partial charge in [-0.2, -0.15) is 18.2 Å². The van der Waals surface area contributed by atoms with E-state index < -0.39 is 12.0 Å². The van der Waals surface area contributed by atoms with E-state index in [9.17, 15) is 13.2 Å². The number of fused-ring (bicyclic) bond motifs is 1. The van der Waals surface area contributed by atoms with Gasteiger partial charge in [0.25, 0.3) is 0 Å². The van der Waals surface area contributed by atoms with Crippen LogP contribution < -0.4 is 9.80 Å². The highest BCUT2D eigenvalue weighted by atomic mass is 32.1. The summed E-state index contributed by atoms with van der Waals surface area (Å²) in [5.74, 6) is -0.394. The molecule has 0 aliphatic carbocycles. The summed E-state index contributed by atoms with van der Waals surface area (Å²) in [4.78, 5) is 16.7. The Hall–Kier alpha value is -2.43. The molecule has 2 aliphatic rings. The molecule has 2 fully saturated rings. The van der Waals surface area contributed by atoms with Gasteiger partial charge in [-0.1, -0.05) is 20.3 Å². The minimum absolute atomic E-state index is 0.0276. The number of amidine groups is 2. The Morgan fingerprint density at radius 3 is 2.66 bits per heavy atom. The van der Waals surface area contributed by atoms with Crippen molar-refractivity contribution in [3.05, 3.63) is 10.9 Å². The molecule has 2 saturated heterocycles. The number of alkyl halides is 3. The van der Waals surface area contributed by atoms with Gasteiger partial charge in [-0.3, -0.25) is 10.8 Å². The molecular weight excluding hydrogens is 439 g/mol. The molecule has 2 aromatic rings. The third-order valence-electron chi connectivity index (χ3n) is 6.11. The molecule has 2 aliphatic heterocycles. The fourth-order valence-electron chi connectivity index (χ4n) is 4.49. The fraction of sp³-hybridized carbons (Fsp3) is 0.619. The second-order valence-corrected chi connectivity index (χ2v) is 9.41. The van der Waals surface area contributed by atoms with Crippen molar-refractivity contribution in [3.8, 4) is 0 Å². The highest BCUT2D eigenvalue weighted by Crippen LogP contribution is 2.36. The lowest BCUT2D eigenvalue weighted by Crippen LogP contribution is -2.55. The van der Waals surface area contributed by atoms with Gasteiger partial charge in [0.1, 0.15) is 16.5 Å². The molecule has 0 saturated carbocycles. The van der Waals surface area contributed by atoms with Crippen molar-refractivity contribution in [2.24, 2.45) is 0 Å². The van der Waals surface area contributed by atoms with E-state index in [1.165, 1.54) is 4.88 Å². The first-order valence-electron chi connectivity index (χ1n) is 11.1. The Morgan fingerprint density at radius 1 is 1.22 bits per heavy atom. The maximum Gasteiger partial charge on any atom is 0.449 e. The van der Waals surface area contributed by atoms with Gasteiger partial charge < -0.3 is 14.7 Å². The highest BCUT2D eigenvalue weighted by molar-refractivity contribution is 7.18. The fourth-order valence-corrected chi connectivity index (χ4v) is 5.61. The lowest BCUT2D eigenvalue weighted by Gasteiger charge is -2.37. The van der Waals surface area contributed by atoms with E-state index in [0.717, 1.165) is 53.8 Å². The van der Waals surface area contributed by atoms with Crippen molar-refractivity contribution in [2.75, 3.05) is 36.0 Å². The van der Waals surface area contributed by atoms with Crippen LogP contribution in [0.4, 0.5) is 24.9 Å². The monoisotopic (exact) mass is 467 g/mol. The first-order valence-corrected chi connectivity index (χ1v) is 11.9. The molecule has 7 nitrogen and oxygen atoms in total. The summed E-state index contributed by atoms with van der Waals surface area (Å²) < 4.78 is 39.0. The average molecular weight is 468 g/mol. The zero-order chi connectivity index (χ0) is 23.0. The van der Waals surface area contributed by atoms with Crippen LogP contribution in [0.15, 0.2) is 6.07 Å². The van der Waals surface area contributed by atoms with Crippen LogP contribution in [0.1, 0.15) is 44.4 Å². The third kappa shape index (κ3) is 4.26. The van der Waals surface area contributed by atoms with Crippen molar-refractivity contribution in [2.45, 2.75) is 58.2 Å². The van der Waals surface area contributed by atoms with E-state index in [1.807, 2.05) is 4.90 Å². The minimum atomic E-state index is -4.77.